The minimum atomic E-state index is 0.175. The van der Waals surface area contributed by atoms with Crippen LogP contribution in [0.2, 0.25) is 0 Å². The van der Waals surface area contributed by atoms with Crippen molar-refractivity contribution in [3.63, 3.8) is 0 Å². The molecule has 2 atom stereocenters. The molecule has 0 saturated carbocycles. The van der Waals surface area contributed by atoms with Crippen molar-refractivity contribution in [1.82, 2.24) is 0 Å². The molecule has 0 bridgehead atoms. The van der Waals surface area contributed by atoms with Gasteiger partial charge in [0.25, 0.3) is 0 Å². The Morgan fingerprint density at radius 1 is 1.83 bits per heavy atom. The second-order valence-electron chi connectivity index (χ2n) is 3.63. The largest absolute Gasteiger partial charge is 0.330 e. The van der Waals surface area contributed by atoms with E-state index in [2.05, 4.69) is 13.0 Å². The summed E-state index contributed by atoms with van der Waals surface area (Å²) in [6.07, 6.45) is 4.16. The van der Waals surface area contributed by atoms with Crippen LogP contribution in [0.15, 0.2) is 11.6 Å². The molecule has 2 heteroatoms. The Balaban J connectivity index is 2.59. The maximum absolute atomic E-state index is 11.0. The maximum Gasteiger partial charge on any atom is 0.136 e. The van der Waals surface area contributed by atoms with Crippen LogP contribution in [0, 0.1) is 11.8 Å². The maximum atomic E-state index is 11.0. The normalized spacial score (nSPS) is 25.2. The first-order valence-electron chi connectivity index (χ1n) is 4.56. The molecular weight excluding hydrogens is 150 g/mol. The molecule has 0 amide bonds. The van der Waals surface area contributed by atoms with Crippen molar-refractivity contribution in [2.24, 2.45) is 17.6 Å². The second kappa shape index (κ2) is 3.85. The van der Waals surface area contributed by atoms with Crippen molar-refractivity contribution >= 4 is 5.78 Å². The van der Waals surface area contributed by atoms with Crippen LogP contribution >= 0.6 is 0 Å². The van der Waals surface area contributed by atoms with Crippen LogP contribution in [0.1, 0.15) is 26.7 Å². The number of hydrogen-bond donors (Lipinski definition) is 1. The molecule has 2 N–H and O–H groups in total. The zero-order chi connectivity index (χ0) is 9.14. The van der Waals surface area contributed by atoms with Crippen molar-refractivity contribution in [1.29, 1.82) is 0 Å². The summed E-state index contributed by atoms with van der Waals surface area (Å²) < 4.78 is 0. The lowest BCUT2D eigenvalue weighted by Crippen LogP contribution is -2.12. The minimum absolute atomic E-state index is 0.175. The fourth-order valence-electron chi connectivity index (χ4n) is 1.63. The molecule has 0 heterocycles. The lowest BCUT2D eigenvalue weighted by atomic mass is 10.0. The molecule has 0 aromatic heterocycles. The molecule has 0 spiro atoms. The van der Waals surface area contributed by atoms with Crippen LogP contribution < -0.4 is 5.73 Å². The van der Waals surface area contributed by atoms with Crippen LogP contribution in [0.4, 0.5) is 0 Å². The van der Waals surface area contributed by atoms with Gasteiger partial charge in [0, 0.05) is 5.92 Å². The Kier molecular flexibility index (Phi) is 3.04. The lowest BCUT2D eigenvalue weighted by molar-refractivity contribution is -0.119. The average molecular weight is 167 g/mol. The predicted octanol–water partition coefficient (Wildman–Crippen LogP) is 1.51. The number of allylic oxidation sites excluding steroid dienone is 1. The SMILES string of the molecule is CC(=O)C1C=C([C@@H](C)CN)CC1. The van der Waals surface area contributed by atoms with Crippen LogP contribution in [-0.2, 0) is 4.79 Å². The highest BCUT2D eigenvalue weighted by molar-refractivity contribution is 5.80. The highest BCUT2D eigenvalue weighted by Crippen LogP contribution is 2.29. The zero-order valence-corrected chi connectivity index (χ0v) is 7.84. The van der Waals surface area contributed by atoms with Crippen LogP contribution in [-0.4, -0.2) is 12.3 Å². The van der Waals surface area contributed by atoms with E-state index in [0.717, 1.165) is 12.8 Å². The third kappa shape index (κ3) is 1.95. The van der Waals surface area contributed by atoms with Gasteiger partial charge in [-0.1, -0.05) is 18.6 Å². The van der Waals surface area contributed by atoms with Crippen molar-refractivity contribution in [3.8, 4) is 0 Å². The number of Topliss-reactive ketones (excluding diaryl/α,β-unsaturated/α-hetero) is 1. The smallest absolute Gasteiger partial charge is 0.136 e. The Bertz CT molecular complexity index is 208. The molecule has 1 unspecified atom stereocenters. The van der Waals surface area contributed by atoms with E-state index in [0.29, 0.717) is 12.5 Å². The molecule has 1 rings (SSSR count). The molecule has 0 radical (unpaired) electrons. The molecule has 12 heavy (non-hydrogen) atoms. The van der Waals surface area contributed by atoms with Crippen LogP contribution in [0.25, 0.3) is 0 Å². The van der Waals surface area contributed by atoms with Gasteiger partial charge in [0.05, 0.1) is 0 Å². The Morgan fingerprint density at radius 3 is 2.92 bits per heavy atom. The van der Waals surface area contributed by atoms with Gasteiger partial charge in [0.2, 0.25) is 0 Å². The van der Waals surface area contributed by atoms with E-state index in [9.17, 15) is 4.79 Å². The van der Waals surface area contributed by atoms with Gasteiger partial charge in [-0.15, -0.1) is 0 Å². The summed E-state index contributed by atoms with van der Waals surface area (Å²) in [6, 6.07) is 0. The van der Waals surface area contributed by atoms with Crippen LogP contribution in [0.5, 0.6) is 0 Å². The summed E-state index contributed by atoms with van der Waals surface area (Å²) in [5, 5.41) is 0. The van der Waals surface area contributed by atoms with Gasteiger partial charge in [-0.2, -0.15) is 0 Å². The first kappa shape index (κ1) is 9.46. The lowest BCUT2D eigenvalue weighted by Gasteiger charge is -2.07. The molecule has 0 fully saturated rings. The minimum Gasteiger partial charge on any atom is -0.330 e. The summed E-state index contributed by atoms with van der Waals surface area (Å²) in [6.45, 7) is 4.47. The summed E-state index contributed by atoms with van der Waals surface area (Å²) in [5.41, 5.74) is 6.92. The summed E-state index contributed by atoms with van der Waals surface area (Å²) in [4.78, 5) is 11.0. The van der Waals surface area contributed by atoms with Crippen LogP contribution in [0.3, 0.4) is 0 Å². The van der Waals surface area contributed by atoms with Crippen molar-refractivity contribution < 1.29 is 4.79 Å². The fraction of sp³-hybridized carbons (Fsp3) is 0.700. The Morgan fingerprint density at radius 2 is 2.50 bits per heavy atom. The van der Waals surface area contributed by atoms with E-state index in [1.165, 1.54) is 5.57 Å². The van der Waals surface area contributed by atoms with E-state index in [1.54, 1.807) is 6.92 Å². The number of carbonyl (C=O) groups excluding carboxylic acids is 1. The van der Waals surface area contributed by atoms with Gasteiger partial charge in [-0.3, -0.25) is 4.79 Å². The number of carbonyl (C=O) groups is 1. The standard InChI is InChI=1S/C10H17NO/c1-7(6-11)9-3-4-10(5-9)8(2)12/h5,7,10H,3-4,6,11H2,1-2H3/t7-,10?/m0/s1. The molecule has 2 nitrogen and oxygen atoms in total. The Hall–Kier alpha value is -0.630. The van der Waals surface area contributed by atoms with E-state index in [-0.39, 0.29) is 11.7 Å². The van der Waals surface area contributed by atoms with E-state index >= 15 is 0 Å². The van der Waals surface area contributed by atoms with E-state index in [1.807, 2.05) is 0 Å². The summed E-state index contributed by atoms with van der Waals surface area (Å²) in [5.74, 6) is 0.914. The summed E-state index contributed by atoms with van der Waals surface area (Å²) in [7, 11) is 0. The zero-order valence-electron chi connectivity index (χ0n) is 7.84. The quantitative estimate of drug-likeness (QED) is 0.647. The number of hydrogen-bond acceptors (Lipinski definition) is 2. The van der Waals surface area contributed by atoms with Gasteiger partial charge < -0.3 is 5.73 Å². The highest BCUT2D eigenvalue weighted by Gasteiger charge is 2.21. The molecule has 68 valence electrons. The first-order chi connectivity index (χ1) is 5.65. The first-order valence-corrected chi connectivity index (χ1v) is 4.56. The molecule has 1 aliphatic rings. The van der Waals surface area contributed by atoms with Crippen molar-refractivity contribution in [2.45, 2.75) is 26.7 Å². The van der Waals surface area contributed by atoms with Gasteiger partial charge in [-0.25, -0.2) is 0 Å². The molecule has 0 aliphatic heterocycles. The van der Waals surface area contributed by atoms with Gasteiger partial charge in [0.1, 0.15) is 5.78 Å². The number of rotatable bonds is 3. The second-order valence-corrected chi connectivity index (χ2v) is 3.63. The topological polar surface area (TPSA) is 43.1 Å². The van der Waals surface area contributed by atoms with Gasteiger partial charge in [0.15, 0.2) is 0 Å². The van der Waals surface area contributed by atoms with Gasteiger partial charge >= 0.3 is 0 Å². The van der Waals surface area contributed by atoms with Crippen molar-refractivity contribution in [3.05, 3.63) is 11.6 Å². The highest BCUT2D eigenvalue weighted by atomic mass is 16.1. The predicted molar refractivity (Wildman–Crippen MR) is 49.7 cm³/mol. The molecular formula is C10H17NO. The third-order valence-electron chi connectivity index (χ3n) is 2.67. The molecule has 0 aromatic carbocycles. The fourth-order valence-corrected chi connectivity index (χ4v) is 1.63. The number of nitrogens with two attached hydrogens (primary N) is 1. The number of ketones is 1. The monoisotopic (exact) mass is 167 g/mol. The Labute approximate surface area is 73.8 Å². The van der Waals surface area contributed by atoms with Crippen molar-refractivity contribution in [2.75, 3.05) is 6.54 Å². The molecule has 0 saturated heterocycles. The third-order valence-corrected chi connectivity index (χ3v) is 2.67. The molecule has 0 aromatic rings. The van der Waals surface area contributed by atoms with E-state index < -0.39 is 0 Å². The average Bonchev–Trinajstić information content (AvgIpc) is 2.51. The van der Waals surface area contributed by atoms with E-state index in [4.69, 9.17) is 5.73 Å². The molecule has 1 aliphatic carbocycles. The summed E-state index contributed by atoms with van der Waals surface area (Å²) >= 11 is 0. The van der Waals surface area contributed by atoms with Gasteiger partial charge in [-0.05, 0) is 32.2 Å².